The second kappa shape index (κ2) is 12.7. The average molecular weight is 707 g/mol. The lowest BCUT2D eigenvalue weighted by atomic mass is 9.93. The van der Waals surface area contributed by atoms with E-state index in [-0.39, 0.29) is 0 Å². The van der Waals surface area contributed by atoms with Gasteiger partial charge in [-0.3, -0.25) is 0 Å². The van der Waals surface area contributed by atoms with Crippen LogP contribution in [-0.2, 0) is 0 Å². The van der Waals surface area contributed by atoms with Gasteiger partial charge in [0, 0.05) is 63.8 Å². The lowest BCUT2D eigenvalue weighted by Crippen LogP contribution is -2.34. The third-order valence-corrected chi connectivity index (χ3v) is 12.9. The Hall–Kier alpha value is -5.29. The smallest absolute Gasteiger partial charge is 0.0559 e. The maximum atomic E-state index is 2.59. The molecule has 2 nitrogen and oxygen atoms in total. The summed E-state index contributed by atoms with van der Waals surface area (Å²) < 4.78 is 2.65. The topological polar surface area (TPSA) is 6.48 Å². The summed E-state index contributed by atoms with van der Waals surface area (Å²) >= 11 is 3.84. The second-order valence-corrected chi connectivity index (χ2v) is 16.4. The predicted octanol–water partition coefficient (Wildman–Crippen LogP) is 14.4. The quantitative estimate of drug-likeness (QED) is 0.170. The average Bonchev–Trinajstić information content (AvgIpc) is 3.54. The van der Waals surface area contributed by atoms with E-state index >= 15 is 0 Å². The Kier molecular flexibility index (Phi) is 7.70. The minimum Gasteiger partial charge on any atom is -0.338 e. The van der Waals surface area contributed by atoms with Gasteiger partial charge in [-0.15, -0.1) is 11.3 Å². The Morgan fingerprint density at radius 1 is 0.615 bits per heavy atom. The molecule has 3 aliphatic rings. The van der Waals surface area contributed by atoms with E-state index in [0.29, 0.717) is 6.04 Å². The molecule has 1 aromatic heterocycles. The lowest BCUT2D eigenvalue weighted by molar-refractivity contribution is 0.702. The third-order valence-electron chi connectivity index (χ3n) is 10.7. The Balaban J connectivity index is 1.11. The van der Waals surface area contributed by atoms with Gasteiger partial charge in [0.05, 0.1) is 6.04 Å². The maximum absolute atomic E-state index is 2.59. The van der Waals surface area contributed by atoms with E-state index in [1.807, 2.05) is 23.1 Å². The number of nitrogens with zero attached hydrogens (tertiary/aromatic N) is 2. The van der Waals surface area contributed by atoms with Crippen LogP contribution in [0, 0.1) is 6.92 Å². The summed E-state index contributed by atoms with van der Waals surface area (Å²) in [6.45, 7) is 4.42. The monoisotopic (exact) mass is 706 g/mol. The Morgan fingerprint density at radius 3 is 2.31 bits per heavy atom. The van der Waals surface area contributed by atoms with Crippen LogP contribution in [-0.4, -0.2) is 6.04 Å². The number of fused-ring (bicyclic) bond motifs is 6. The molecule has 0 saturated carbocycles. The molecule has 7 aromatic rings. The number of allylic oxidation sites excluding steroid dienone is 6. The van der Waals surface area contributed by atoms with Gasteiger partial charge in [0.1, 0.15) is 0 Å². The third kappa shape index (κ3) is 5.32. The molecule has 0 N–H and O–H groups in total. The van der Waals surface area contributed by atoms with Crippen molar-refractivity contribution >= 4 is 76.8 Å². The van der Waals surface area contributed by atoms with Crippen molar-refractivity contribution in [2.24, 2.45) is 0 Å². The van der Waals surface area contributed by atoms with Crippen molar-refractivity contribution in [2.45, 2.75) is 48.9 Å². The fourth-order valence-electron chi connectivity index (χ4n) is 8.37. The zero-order chi connectivity index (χ0) is 34.8. The first-order chi connectivity index (χ1) is 25.6. The van der Waals surface area contributed by atoms with Crippen LogP contribution in [0.15, 0.2) is 173 Å². The van der Waals surface area contributed by atoms with Crippen molar-refractivity contribution in [1.82, 2.24) is 0 Å². The summed E-state index contributed by atoms with van der Waals surface area (Å²) in [6.07, 6.45) is 16.9. The van der Waals surface area contributed by atoms with Crippen molar-refractivity contribution in [3.05, 3.63) is 169 Å². The molecule has 6 aromatic carbocycles. The van der Waals surface area contributed by atoms with Crippen LogP contribution in [0.1, 0.15) is 31.7 Å². The molecule has 0 saturated heterocycles. The molecule has 0 amide bonds. The van der Waals surface area contributed by atoms with E-state index in [1.54, 1.807) is 0 Å². The van der Waals surface area contributed by atoms with E-state index < -0.39 is 0 Å². The minimum absolute atomic E-state index is 0.317. The fourth-order valence-corrected chi connectivity index (χ4v) is 10.7. The van der Waals surface area contributed by atoms with Crippen LogP contribution in [0.4, 0.5) is 22.7 Å². The van der Waals surface area contributed by atoms with Crippen molar-refractivity contribution < 1.29 is 0 Å². The number of rotatable bonds is 6. The number of hydrogen-bond donors (Lipinski definition) is 0. The predicted molar refractivity (Wildman–Crippen MR) is 226 cm³/mol. The van der Waals surface area contributed by atoms with E-state index in [9.17, 15) is 0 Å². The van der Waals surface area contributed by atoms with Crippen molar-refractivity contribution in [3.8, 4) is 11.1 Å². The summed E-state index contributed by atoms with van der Waals surface area (Å²) in [7, 11) is 0. The Morgan fingerprint density at radius 2 is 1.46 bits per heavy atom. The number of benzene rings is 6. The van der Waals surface area contributed by atoms with Crippen LogP contribution < -0.4 is 9.80 Å². The van der Waals surface area contributed by atoms with E-state index in [2.05, 4.69) is 175 Å². The zero-order valence-electron chi connectivity index (χ0n) is 29.3. The molecule has 0 fully saturated rings. The highest BCUT2D eigenvalue weighted by atomic mass is 32.2. The van der Waals surface area contributed by atoms with Gasteiger partial charge in [-0.1, -0.05) is 102 Å². The number of anilines is 4. The van der Waals surface area contributed by atoms with Gasteiger partial charge in [-0.25, -0.2) is 0 Å². The second-order valence-electron chi connectivity index (χ2n) is 14.2. The van der Waals surface area contributed by atoms with Gasteiger partial charge in [-0.05, 0) is 122 Å². The SMILES string of the molecule is CC1=CC=CC(N(C2=CC=CCC2)c2ccc3c(c2)Sc2cccc4c2c-3cc2sc3cc(N(c5ccccc5)c5cccc(C)c5)ccc3c24)C1. The Bertz CT molecular complexity index is 2680. The first kappa shape index (κ1) is 31.4. The summed E-state index contributed by atoms with van der Waals surface area (Å²) in [4.78, 5) is 7.64. The molecule has 1 atom stereocenters. The van der Waals surface area contributed by atoms with Crippen LogP contribution in [0.25, 0.3) is 42.1 Å². The molecule has 252 valence electrons. The van der Waals surface area contributed by atoms with E-state index in [0.717, 1.165) is 24.9 Å². The number of hydrogen-bond acceptors (Lipinski definition) is 4. The van der Waals surface area contributed by atoms with E-state index in [1.165, 1.54) is 85.8 Å². The molecule has 10 rings (SSSR count). The molecular formula is C48H38N2S2. The van der Waals surface area contributed by atoms with Gasteiger partial charge in [0.2, 0.25) is 0 Å². The highest BCUT2D eigenvalue weighted by Gasteiger charge is 2.27. The molecule has 4 heteroatoms. The molecule has 2 aliphatic carbocycles. The van der Waals surface area contributed by atoms with Crippen LogP contribution >= 0.6 is 23.1 Å². The van der Waals surface area contributed by atoms with Gasteiger partial charge in [0.15, 0.2) is 0 Å². The van der Waals surface area contributed by atoms with Gasteiger partial charge >= 0.3 is 0 Å². The van der Waals surface area contributed by atoms with Crippen molar-refractivity contribution in [3.63, 3.8) is 0 Å². The van der Waals surface area contributed by atoms with Gasteiger partial charge in [-0.2, -0.15) is 0 Å². The summed E-state index contributed by atoms with van der Waals surface area (Å²) in [5.41, 5.74) is 11.5. The van der Waals surface area contributed by atoms with Gasteiger partial charge < -0.3 is 9.80 Å². The van der Waals surface area contributed by atoms with Crippen LogP contribution in [0.2, 0.25) is 0 Å². The highest BCUT2D eigenvalue weighted by Crippen LogP contribution is 2.53. The molecule has 0 radical (unpaired) electrons. The molecule has 0 bridgehead atoms. The molecule has 1 unspecified atom stereocenters. The van der Waals surface area contributed by atoms with E-state index in [4.69, 9.17) is 0 Å². The highest BCUT2D eigenvalue weighted by molar-refractivity contribution is 7.99. The van der Waals surface area contributed by atoms with Crippen LogP contribution in [0.5, 0.6) is 0 Å². The summed E-state index contributed by atoms with van der Waals surface area (Å²) in [5, 5.41) is 5.42. The number of thiophene rings is 1. The molecule has 1 aliphatic heterocycles. The maximum Gasteiger partial charge on any atom is 0.0559 e. The number of aryl methyl sites for hydroxylation is 1. The molecular weight excluding hydrogens is 669 g/mol. The fraction of sp³-hybridized carbons (Fsp3) is 0.125. The van der Waals surface area contributed by atoms with Crippen LogP contribution in [0.3, 0.4) is 0 Å². The van der Waals surface area contributed by atoms with Gasteiger partial charge in [0.25, 0.3) is 0 Å². The molecule has 0 spiro atoms. The molecule has 52 heavy (non-hydrogen) atoms. The minimum atomic E-state index is 0.317. The summed E-state index contributed by atoms with van der Waals surface area (Å²) in [6, 6.07) is 43.4. The first-order valence-corrected chi connectivity index (χ1v) is 19.9. The molecule has 2 heterocycles. The normalized spacial score (nSPS) is 16.2. The Labute approximate surface area is 313 Å². The van der Waals surface area contributed by atoms with Crippen molar-refractivity contribution in [2.75, 3.05) is 9.80 Å². The zero-order valence-corrected chi connectivity index (χ0v) is 31.0. The number of para-hydroxylation sites is 1. The first-order valence-electron chi connectivity index (χ1n) is 18.2. The summed E-state index contributed by atoms with van der Waals surface area (Å²) in [5.74, 6) is 0. The standard InChI is InChI=1S/C48H38N2S2/c1-31-12-9-18-35(26-31)49(33-14-5-3-6-15-33)37-22-24-39-42-30-46-47(41-20-11-21-43(48(41)42)51-44(39)28-37)40-25-23-38(29-45(40)52-46)50(34-16-7-4-8-17-34)36-19-10-13-32(2)27-36/h3-5,7-14,16-25,27-30,35H,6,15,26H2,1-2H3. The largest absolute Gasteiger partial charge is 0.338 e. The van der Waals surface area contributed by atoms with Crippen molar-refractivity contribution in [1.29, 1.82) is 0 Å². The lowest BCUT2D eigenvalue weighted by Gasteiger charge is -2.36.